The fourth-order valence-electron chi connectivity index (χ4n) is 3.13. The van der Waals surface area contributed by atoms with Crippen molar-refractivity contribution in [2.45, 2.75) is 38.6 Å². The molecule has 1 fully saturated rings. The maximum Gasteiger partial charge on any atom is 0.227 e. The Morgan fingerprint density at radius 3 is 2.80 bits per heavy atom. The minimum atomic E-state index is -0.0969. The second kappa shape index (κ2) is 7.96. The number of anilines is 1. The molecule has 1 aliphatic rings. The predicted molar refractivity (Wildman–Crippen MR) is 96.2 cm³/mol. The van der Waals surface area contributed by atoms with Gasteiger partial charge in [0.25, 0.3) is 0 Å². The number of carbonyl (C=O) groups excluding carboxylic acids is 2. The van der Waals surface area contributed by atoms with Crippen molar-refractivity contribution in [1.29, 1.82) is 0 Å². The molecule has 0 radical (unpaired) electrons. The normalized spacial score (nSPS) is 15.9. The molecule has 6 nitrogen and oxygen atoms in total. The van der Waals surface area contributed by atoms with Crippen LogP contribution in [0.3, 0.4) is 0 Å². The number of piperidine rings is 1. The van der Waals surface area contributed by atoms with Crippen LogP contribution >= 0.6 is 0 Å². The molecule has 0 aliphatic carbocycles. The number of hydrogen-bond acceptors (Lipinski definition) is 3. The van der Waals surface area contributed by atoms with E-state index < -0.39 is 0 Å². The lowest BCUT2D eigenvalue weighted by Gasteiger charge is -2.26. The van der Waals surface area contributed by atoms with Gasteiger partial charge in [0.1, 0.15) is 5.82 Å². The maximum absolute atomic E-state index is 12.3. The van der Waals surface area contributed by atoms with E-state index in [1.165, 1.54) is 0 Å². The van der Waals surface area contributed by atoms with Crippen LogP contribution in [0, 0.1) is 0 Å². The number of hydrogen-bond donors (Lipinski definition) is 1. The first-order valence-electron chi connectivity index (χ1n) is 8.81. The zero-order valence-electron chi connectivity index (χ0n) is 14.5. The molecule has 0 saturated carbocycles. The van der Waals surface area contributed by atoms with Gasteiger partial charge in [-0.2, -0.15) is 5.10 Å². The van der Waals surface area contributed by atoms with E-state index in [1.54, 1.807) is 21.8 Å². The fraction of sp³-hybridized carbons (Fsp3) is 0.421. The third kappa shape index (κ3) is 4.26. The van der Waals surface area contributed by atoms with E-state index in [0.717, 1.165) is 24.9 Å². The third-order valence-corrected chi connectivity index (χ3v) is 4.62. The summed E-state index contributed by atoms with van der Waals surface area (Å²) in [5.74, 6) is 0.730. The summed E-state index contributed by atoms with van der Waals surface area (Å²) in [5, 5.41) is 7.26. The van der Waals surface area contributed by atoms with Gasteiger partial charge in [0.15, 0.2) is 0 Å². The number of rotatable bonds is 6. The maximum atomic E-state index is 12.3. The van der Waals surface area contributed by atoms with Gasteiger partial charge >= 0.3 is 0 Å². The number of amides is 2. The van der Waals surface area contributed by atoms with Gasteiger partial charge in [-0.3, -0.25) is 9.59 Å². The van der Waals surface area contributed by atoms with Crippen molar-refractivity contribution in [3.63, 3.8) is 0 Å². The summed E-state index contributed by atoms with van der Waals surface area (Å²) in [6.07, 6.45) is 4.57. The van der Waals surface area contributed by atoms with Crippen molar-refractivity contribution < 1.29 is 9.59 Å². The van der Waals surface area contributed by atoms with Gasteiger partial charge in [-0.25, -0.2) is 4.68 Å². The van der Waals surface area contributed by atoms with Crippen LogP contribution in [0.2, 0.25) is 0 Å². The molecule has 2 aromatic rings. The highest BCUT2D eigenvalue weighted by Gasteiger charge is 2.19. The molecular weight excluding hydrogens is 316 g/mol. The van der Waals surface area contributed by atoms with Crippen LogP contribution < -0.4 is 5.32 Å². The monoisotopic (exact) mass is 340 g/mol. The van der Waals surface area contributed by atoms with Crippen molar-refractivity contribution in [3.05, 3.63) is 48.2 Å². The zero-order chi connectivity index (χ0) is 17.6. The average molecular weight is 340 g/mol. The zero-order valence-corrected chi connectivity index (χ0v) is 14.5. The molecule has 0 spiro atoms. The van der Waals surface area contributed by atoms with Crippen LogP contribution in [0.5, 0.6) is 0 Å². The van der Waals surface area contributed by atoms with Crippen LogP contribution in [-0.2, 0) is 9.59 Å². The molecule has 1 saturated heterocycles. The molecule has 25 heavy (non-hydrogen) atoms. The molecule has 1 unspecified atom stereocenters. The molecular formula is C19H24N4O2. The van der Waals surface area contributed by atoms with Crippen LogP contribution in [-0.4, -0.2) is 39.6 Å². The van der Waals surface area contributed by atoms with E-state index in [2.05, 4.69) is 10.4 Å². The second-order valence-corrected chi connectivity index (χ2v) is 6.38. The van der Waals surface area contributed by atoms with Gasteiger partial charge in [-0.1, -0.05) is 30.3 Å². The molecule has 0 bridgehead atoms. The number of benzene rings is 1. The molecule has 3 rings (SSSR count). The Balaban J connectivity index is 1.59. The topological polar surface area (TPSA) is 67.2 Å². The van der Waals surface area contributed by atoms with Gasteiger partial charge in [0.05, 0.1) is 12.2 Å². The summed E-state index contributed by atoms with van der Waals surface area (Å²) in [5.41, 5.74) is 1.13. The lowest BCUT2D eigenvalue weighted by atomic mass is 10.1. The summed E-state index contributed by atoms with van der Waals surface area (Å²) in [4.78, 5) is 25.9. The first kappa shape index (κ1) is 17.2. The molecule has 1 aliphatic heterocycles. The summed E-state index contributed by atoms with van der Waals surface area (Å²) >= 11 is 0. The molecule has 6 heteroatoms. The second-order valence-electron chi connectivity index (χ2n) is 6.38. The number of likely N-dealkylation sites (tertiary alicyclic amines) is 1. The van der Waals surface area contributed by atoms with Gasteiger partial charge in [-0.05, 0) is 25.3 Å². The van der Waals surface area contributed by atoms with E-state index in [9.17, 15) is 9.59 Å². The van der Waals surface area contributed by atoms with Crippen molar-refractivity contribution >= 4 is 17.6 Å². The van der Waals surface area contributed by atoms with Crippen LogP contribution in [0.25, 0.3) is 0 Å². The summed E-state index contributed by atoms with van der Waals surface area (Å²) < 4.78 is 1.80. The van der Waals surface area contributed by atoms with Crippen molar-refractivity contribution in [2.75, 3.05) is 18.4 Å². The van der Waals surface area contributed by atoms with Gasteiger partial charge in [-0.15, -0.1) is 0 Å². The van der Waals surface area contributed by atoms with Crippen molar-refractivity contribution in [3.8, 4) is 0 Å². The summed E-state index contributed by atoms with van der Waals surface area (Å²) in [6, 6.07) is 11.9. The molecule has 2 amide bonds. The van der Waals surface area contributed by atoms with E-state index in [1.807, 2.05) is 37.3 Å². The Hall–Kier alpha value is -2.63. The highest BCUT2D eigenvalue weighted by Crippen LogP contribution is 2.21. The van der Waals surface area contributed by atoms with E-state index in [-0.39, 0.29) is 17.9 Å². The minimum Gasteiger partial charge on any atom is -0.342 e. The standard InChI is InChI=1S/C19H24N4O2/c1-15(16-7-3-2-4-8-16)23-17(10-12-20-23)21-18(24)11-14-22-13-6-5-9-19(22)25/h2-4,7-8,10,12,15H,5-6,9,11,13-14H2,1H3,(H,21,24). The summed E-state index contributed by atoms with van der Waals surface area (Å²) in [6.45, 7) is 3.28. The summed E-state index contributed by atoms with van der Waals surface area (Å²) in [7, 11) is 0. The van der Waals surface area contributed by atoms with E-state index in [4.69, 9.17) is 0 Å². The third-order valence-electron chi connectivity index (χ3n) is 4.62. The highest BCUT2D eigenvalue weighted by molar-refractivity contribution is 5.90. The Bertz CT molecular complexity index is 726. The molecule has 2 heterocycles. The van der Waals surface area contributed by atoms with E-state index >= 15 is 0 Å². The Kier molecular flexibility index (Phi) is 5.48. The quantitative estimate of drug-likeness (QED) is 0.879. The Morgan fingerprint density at radius 1 is 1.24 bits per heavy atom. The number of nitrogens with zero attached hydrogens (tertiary/aromatic N) is 3. The SMILES string of the molecule is CC(c1ccccc1)n1nccc1NC(=O)CCN1CCCCC1=O. The lowest BCUT2D eigenvalue weighted by molar-refractivity contribution is -0.133. The van der Waals surface area contributed by atoms with Crippen LogP contribution in [0.15, 0.2) is 42.6 Å². The fourth-order valence-corrected chi connectivity index (χ4v) is 3.13. The van der Waals surface area contributed by atoms with Crippen LogP contribution in [0.4, 0.5) is 5.82 Å². The number of carbonyl (C=O) groups is 2. The highest BCUT2D eigenvalue weighted by atomic mass is 16.2. The number of aromatic nitrogens is 2. The van der Waals surface area contributed by atoms with Gasteiger partial charge in [0, 0.05) is 32.0 Å². The molecule has 132 valence electrons. The van der Waals surface area contributed by atoms with Crippen molar-refractivity contribution in [1.82, 2.24) is 14.7 Å². The smallest absolute Gasteiger partial charge is 0.227 e. The Morgan fingerprint density at radius 2 is 2.04 bits per heavy atom. The van der Waals surface area contributed by atoms with Crippen LogP contribution in [0.1, 0.15) is 44.2 Å². The lowest BCUT2D eigenvalue weighted by Crippen LogP contribution is -2.37. The Labute approximate surface area is 147 Å². The number of nitrogens with one attached hydrogen (secondary N) is 1. The van der Waals surface area contributed by atoms with Gasteiger partial charge < -0.3 is 10.2 Å². The van der Waals surface area contributed by atoms with Crippen molar-refractivity contribution in [2.24, 2.45) is 0 Å². The molecule has 1 aromatic heterocycles. The average Bonchev–Trinajstić information content (AvgIpc) is 3.09. The van der Waals surface area contributed by atoms with Gasteiger partial charge in [0.2, 0.25) is 11.8 Å². The molecule has 1 atom stereocenters. The van der Waals surface area contributed by atoms with E-state index in [0.29, 0.717) is 25.2 Å². The molecule has 1 N–H and O–H groups in total. The first-order chi connectivity index (χ1) is 12.1. The minimum absolute atomic E-state index is 0.0233. The predicted octanol–water partition coefficient (Wildman–Crippen LogP) is 2.83. The first-order valence-corrected chi connectivity index (χ1v) is 8.81. The largest absolute Gasteiger partial charge is 0.342 e. The molecule has 1 aromatic carbocycles.